The Morgan fingerprint density at radius 1 is 0.923 bits per heavy atom. The van der Waals surface area contributed by atoms with Crippen LogP contribution in [0.5, 0.6) is 0 Å². The van der Waals surface area contributed by atoms with Crippen LogP contribution in [0.4, 0.5) is 10.1 Å². The molecular weight excluding hydrogens is 331 g/mol. The monoisotopic (exact) mass is 352 g/mol. The summed E-state index contributed by atoms with van der Waals surface area (Å²) >= 11 is 0. The first kappa shape index (κ1) is 17.9. The number of imide groups is 1. The third kappa shape index (κ3) is 3.25. The standard InChI is InChI=1S/C21H21FN2O2/c1-12(2)24-20(25)18(15-5-7-16(22)8-6-15)19(21(24)26)23-17-10-13(3)9-14(4)11-17/h5-12,23H,1-4H3. The molecule has 0 radical (unpaired) electrons. The molecule has 1 heterocycles. The Morgan fingerprint density at radius 2 is 1.50 bits per heavy atom. The maximum atomic E-state index is 13.3. The smallest absolute Gasteiger partial charge is 0.278 e. The molecule has 0 fully saturated rings. The number of hydrogen-bond acceptors (Lipinski definition) is 3. The fourth-order valence-corrected chi connectivity index (χ4v) is 3.21. The SMILES string of the molecule is Cc1cc(C)cc(NC2=C(c3ccc(F)cc3)C(=O)N(C(C)C)C2=O)c1. The number of carbonyl (C=O) groups excluding carboxylic acids is 2. The molecule has 0 atom stereocenters. The molecule has 0 unspecified atom stereocenters. The minimum atomic E-state index is -0.393. The summed E-state index contributed by atoms with van der Waals surface area (Å²) in [6.45, 7) is 7.51. The molecule has 26 heavy (non-hydrogen) atoms. The van der Waals surface area contributed by atoms with Gasteiger partial charge in [-0.2, -0.15) is 0 Å². The molecule has 0 aliphatic carbocycles. The van der Waals surface area contributed by atoms with Crippen LogP contribution in [0, 0.1) is 19.7 Å². The van der Waals surface area contributed by atoms with Gasteiger partial charge in [-0.05, 0) is 68.7 Å². The molecule has 1 aliphatic rings. The van der Waals surface area contributed by atoms with Gasteiger partial charge in [0.05, 0.1) is 5.57 Å². The molecule has 2 aromatic carbocycles. The van der Waals surface area contributed by atoms with Crippen molar-refractivity contribution < 1.29 is 14.0 Å². The number of halogens is 1. The highest BCUT2D eigenvalue weighted by molar-refractivity contribution is 6.36. The Bertz CT molecular complexity index is 894. The maximum Gasteiger partial charge on any atom is 0.278 e. The molecular formula is C21H21FN2O2. The summed E-state index contributed by atoms with van der Waals surface area (Å²) in [7, 11) is 0. The fourth-order valence-electron chi connectivity index (χ4n) is 3.21. The Hall–Kier alpha value is -2.95. The number of benzene rings is 2. The van der Waals surface area contributed by atoms with E-state index in [1.165, 1.54) is 29.2 Å². The van der Waals surface area contributed by atoms with Crippen molar-refractivity contribution in [2.24, 2.45) is 0 Å². The lowest BCUT2D eigenvalue weighted by molar-refractivity contribution is -0.138. The molecule has 2 amide bonds. The van der Waals surface area contributed by atoms with Crippen molar-refractivity contribution in [3.63, 3.8) is 0 Å². The van der Waals surface area contributed by atoms with Gasteiger partial charge in [0.1, 0.15) is 11.5 Å². The van der Waals surface area contributed by atoms with Crippen molar-refractivity contribution in [1.82, 2.24) is 4.90 Å². The van der Waals surface area contributed by atoms with E-state index in [-0.39, 0.29) is 29.1 Å². The molecule has 4 nitrogen and oxygen atoms in total. The van der Waals surface area contributed by atoms with Gasteiger partial charge in [-0.1, -0.05) is 18.2 Å². The number of hydrogen-bond donors (Lipinski definition) is 1. The third-order valence-electron chi connectivity index (χ3n) is 4.26. The number of nitrogens with zero attached hydrogens (tertiary/aromatic N) is 1. The maximum absolute atomic E-state index is 13.3. The Kier molecular flexibility index (Phi) is 4.64. The summed E-state index contributed by atoms with van der Waals surface area (Å²) in [5.74, 6) is -1.14. The zero-order chi connectivity index (χ0) is 19.0. The van der Waals surface area contributed by atoms with E-state index in [2.05, 4.69) is 5.32 Å². The minimum absolute atomic E-state index is 0.223. The number of carbonyl (C=O) groups is 2. The van der Waals surface area contributed by atoms with E-state index in [1.54, 1.807) is 13.8 Å². The van der Waals surface area contributed by atoms with Gasteiger partial charge in [0.25, 0.3) is 11.8 Å². The summed E-state index contributed by atoms with van der Waals surface area (Å²) in [5, 5.41) is 3.12. The number of nitrogens with one attached hydrogen (secondary N) is 1. The number of aryl methyl sites for hydroxylation is 2. The largest absolute Gasteiger partial charge is 0.350 e. The van der Waals surface area contributed by atoms with E-state index in [0.717, 1.165) is 16.8 Å². The van der Waals surface area contributed by atoms with Crippen molar-refractivity contribution >= 4 is 23.1 Å². The van der Waals surface area contributed by atoms with Gasteiger partial charge in [-0.3, -0.25) is 14.5 Å². The van der Waals surface area contributed by atoms with Crippen LogP contribution in [-0.2, 0) is 9.59 Å². The van der Waals surface area contributed by atoms with E-state index >= 15 is 0 Å². The van der Waals surface area contributed by atoms with Crippen LogP contribution >= 0.6 is 0 Å². The highest BCUT2D eigenvalue weighted by Gasteiger charge is 2.40. The Morgan fingerprint density at radius 3 is 2.04 bits per heavy atom. The van der Waals surface area contributed by atoms with Crippen molar-refractivity contribution in [1.29, 1.82) is 0 Å². The highest BCUT2D eigenvalue weighted by atomic mass is 19.1. The van der Waals surface area contributed by atoms with E-state index in [0.29, 0.717) is 5.56 Å². The Balaban J connectivity index is 2.12. The van der Waals surface area contributed by atoms with Gasteiger partial charge in [0, 0.05) is 11.7 Å². The number of amides is 2. The van der Waals surface area contributed by atoms with Crippen LogP contribution in [0.25, 0.3) is 5.57 Å². The molecule has 0 bridgehead atoms. The first-order valence-corrected chi connectivity index (χ1v) is 8.51. The predicted molar refractivity (Wildman–Crippen MR) is 99.8 cm³/mol. The van der Waals surface area contributed by atoms with Crippen LogP contribution < -0.4 is 5.32 Å². The van der Waals surface area contributed by atoms with Crippen molar-refractivity contribution in [3.05, 3.63) is 70.7 Å². The average Bonchev–Trinajstić information content (AvgIpc) is 2.78. The van der Waals surface area contributed by atoms with Gasteiger partial charge >= 0.3 is 0 Å². The number of rotatable bonds is 4. The second kappa shape index (κ2) is 6.75. The lowest BCUT2D eigenvalue weighted by Gasteiger charge is -2.19. The summed E-state index contributed by atoms with van der Waals surface area (Å²) < 4.78 is 13.3. The molecule has 0 saturated heterocycles. The molecule has 1 N–H and O–H groups in total. The van der Waals surface area contributed by atoms with Gasteiger partial charge < -0.3 is 5.32 Å². The zero-order valence-electron chi connectivity index (χ0n) is 15.3. The third-order valence-corrected chi connectivity index (χ3v) is 4.26. The normalized spacial score (nSPS) is 14.6. The summed E-state index contributed by atoms with van der Waals surface area (Å²) in [6, 6.07) is 11.2. The molecule has 134 valence electrons. The van der Waals surface area contributed by atoms with Gasteiger partial charge in [-0.25, -0.2) is 4.39 Å². The molecule has 2 aromatic rings. The quantitative estimate of drug-likeness (QED) is 0.845. The summed E-state index contributed by atoms with van der Waals surface area (Å²) in [6.07, 6.45) is 0. The lowest BCUT2D eigenvalue weighted by Crippen LogP contribution is -2.38. The van der Waals surface area contributed by atoms with Crippen LogP contribution in [0.1, 0.15) is 30.5 Å². The number of anilines is 1. The van der Waals surface area contributed by atoms with Crippen LogP contribution in [0.2, 0.25) is 0 Å². The second-order valence-electron chi connectivity index (χ2n) is 6.83. The first-order valence-electron chi connectivity index (χ1n) is 8.51. The molecule has 0 saturated carbocycles. The zero-order valence-corrected chi connectivity index (χ0v) is 15.3. The van der Waals surface area contributed by atoms with E-state index in [9.17, 15) is 14.0 Å². The van der Waals surface area contributed by atoms with Gasteiger partial charge in [-0.15, -0.1) is 0 Å². The summed E-state index contributed by atoms with van der Waals surface area (Å²) in [4.78, 5) is 27.0. The van der Waals surface area contributed by atoms with Crippen LogP contribution in [-0.4, -0.2) is 22.8 Å². The fraction of sp³-hybridized carbons (Fsp3) is 0.238. The van der Waals surface area contributed by atoms with E-state index in [1.807, 2.05) is 32.0 Å². The highest BCUT2D eigenvalue weighted by Crippen LogP contribution is 2.32. The van der Waals surface area contributed by atoms with E-state index in [4.69, 9.17) is 0 Å². The van der Waals surface area contributed by atoms with Crippen LogP contribution in [0.3, 0.4) is 0 Å². The van der Waals surface area contributed by atoms with E-state index < -0.39 is 5.82 Å². The second-order valence-corrected chi connectivity index (χ2v) is 6.83. The predicted octanol–water partition coefficient (Wildman–Crippen LogP) is 4.04. The first-order chi connectivity index (χ1) is 12.3. The van der Waals surface area contributed by atoms with Crippen molar-refractivity contribution in [2.75, 3.05) is 5.32 Å². The van der Waals surface area contributed by atoms with Crippen LogP contribution in [0.15, 0.2) is 48.2 Å². The van der Waals surface area contributed by atoms with Crippen molar-refractivity contribution in [2.45, 2.75) is 33.7 Å². The molecule has 0 aromatic heterocycles. The topological polar surface area (TPSA) is 49.4 Å². The molecule has 1 aliphatic heterocycles. The lowest BCUT2D eigenvalue weighted by atomic mass is 10.0. The van der Waals surface area contributed by atoms with Gasteiger partial charge in [0.2, 0.25) is 0 Å². The minimum Gasteiger partial charge on any atom is -0.350 e. The Labute approximate surface area is 152 Å². The molecule has 5 heteroatoms. The average molecular weight is 352 g/mol. The van der Waals surface area contributed by atoms with Crippen molar-refractivity contribution in [3.8, 4) is 0 Å². The molecule has 3 rings (SSSR count). The van der Waals surface area contributed by atoms with Gasteiger partial charge in [0.15, 0.2) is 0 Å². The molecule has 0 spiro atoms. The summed E-state index contributed by atoms with van der Waals surface area (Å²) in [5.41, 5.74) is 3.84.